The van der Waals surface area contributed by atoms with E-state index in [0.717, 1.165) is 23.0 Å². The number of halogens is 1. The molecule has 1 N–H and O–H groups in total. The molecule has 0 saturated carbocycles. The van der Waals surface area contributed by atoms with E-state index in [9.17, 15) is 0 Å². The first kappa shape index (κ1) is 14.7. The van der Waals surface area contributed by atoms with Gasteiger partial charge in [0, 0.05) is 17.2 Å². The largest absolute Gasteiger partial charge is 0.364 e. The van der Waals surface area contributed by atoms with Crippen LogP contribution in [0.4, 0.5) is 5.82 Å². The van der Waals surface area contributed by atoms with Gasteiger partial charge in [-0.1, -0.05) is 38.4 Å². The third-order valence-corrected chi connectivity index (χ3v) is 2.96. The van der Waals surface area contributed by atoms with Gasteiger partial charge in [-0.3, -0.25) is 4.98 Å². The van der Waals surface area contributed by atoms with E-state index in [1.54, 1.807) is 6.07 Å². The zero-order valence-corrected chi connectivity index (χ0v) is 13.0. The topological polar surface area (TPSA) is 50.7 Å². The number of aryl methyl sites for hydroxylation is 1. The first-order valence-corrected chi connectivity index (χ1v) is 6.94. The van der Waals surface area contributed by atoms with Crippen LogP contribution in [0, 0.1) is 6.92 Å². The number of hydrogen-bond donors (Lipinski definition) is 1. The van der Waals surface area contributed by atoms with Gasteiger partial charge in [-0.2, -0.15) is 0 Å². The Hall–Kier alpha value is -1.68. The van der Waals surface area contributed by atoms with Gasteiger partial charge >= 0.3 is 0 Å². The zero-order chi connectivity index (χ0) is 14.8. The summed E-state index contributed by atoms with van der Waals surface area (Å²) in [6.07, 6.45) is 0. The van der Waals surface area contributed by atoms with Gasteiger partial charge < -0.3 is 5.32 Å². The summed E-state index contributed by atoms with van der Waals surface area (Å²) in [6.45, 7) is 8.76. The fourth-order valence-corrected chi connectivity index (χ4v) is 1.91. The molecule has 0 saturated heterocycles. The van der Waals surface area contributed by atoms with Crippen molar-refractivity contribution in [3.05, 3.63) is 46.6 Å². The number of nitrogens with zero attached hydrogens (tertiary/aromatic N) is 3. The fourth-order valence-electron chi connectivity index (χ4n) is 1.72. The van der Waals surface area contributed by atoms with E-state index in [1.165, 1.54) is 0 Å². The molecule has 0 aliphatic rings. The van der Waals surface area contributed by atoms with Gasteiger partial charge in [0.05, 0.1) is 12.2 Å². The summed E-state index contributed by atoms with van der Waals surface area (Å²) < 4.78 is 0. The maximum absolute atomic E-state index is 6.06. The molecule has 0 aromatic carbocycles. The molecule has 0 amide bonds. The third kappa shape index (κ3) is 3.90. The molecule has 0 unspecified atom stereocenters. The molecule has 0 spiro atoms. The second kappa shape index (κ2) is 5.75. The summed E-state index contributed by atoms with van der Waals surface area (Å²) in [4.78, 5) is 13.2. The minimum atomic E-state index is -0.136. The predicted octanol–water partition coefficient (Wildman–Crippen LogP) is 3.74. The lowest BCUT2D eigenvalue weighted by molar-refractivity contribution is 0.546. The highest BCUT2D eigenvalue weighted by Crippen LogP contribution is 2.22. The van der Waals surface area contributed by atoms with Gasteiger partial charge in [0.25, 0.3) is 0 Å². The van der Waals surface area contributed by atoms with Crippen molar-refractivity contribution in [3.8, 4) is 0 Å². The van der Waals surface area contributed by atoms with Crippen LogP contribution in [0.25, 0.3) is 0 Å². The molecule has 2 heterocycles. The lowest BCUT2D eigenvalue weighted by atomic mass is 9.96. The number of hydrogen-bond acceptors (Lipinski definition) is 4. The van der Waals surface area contributed by atoms with Crippen LogP contribution >= 0.6 is 11.6 Å². The molecular weight excluding hydrogens is 272 g/mol. The van der Waals surface area contributed by atoms with Crippen molar-refractivity contribution in [2.75, 3.05) is 5.32 Å². The highest BCUT2D eigenvalue weighted by atomic mass is 35.5. The molecule has 2 aromatic rings. The van der Waals surface area contributed by atoms with E-state index in [-0.39, 0.29) is 5.41 Å². The number of anilines is 1. The Balaban J connectivity index is 2.16. The molecule has 4 nitrogen and oxygen atoms in total. The van der Waals surface area contributed by atoms with E-state index in [2.05, 4.69) is 41.0 Å². The van der Waals surface area contributed by atoms with E-state index < -0.39 is 0 Å². The van der Waals surface area contributed by atoms with Gasteiger partial charge in [0.1, 0.15) is 16.8 Å². The van der Waals surface area contributed by atoms with Crippen molar-refractivity contribution in [2.45, 2.75) is 39.7 Å². The maximum atomic E-state index is 6.06. The lowest BCUT2D eigenvalue weighted by Crippen LogP contribution is -2.17. The predicted molar refractivity (Wildman–Crippen MR) is 82.0 cm³/mol. The van der Waals surface area contributed by atoms with Crippen LogP contribution in [0.1, 0.15) is 38.0 Å². The van der Waals surface area contributed by atoms with Crippen LogP contribution in [-0.4, -0.2) is 15.0 Å². The minimum Gasteiger partial charge on any atom is -0.364 e. The average Bonchev–Trinajstić information content (AvgIpc) is 2.35. The molecule has 0 aliphatic heterocycles. The van der Waals surface area contributed by atoms with Crippen LogP contribution in [0.3, 0.4) is 0 Å². The van der Waals surface area contributed by atoms with Crippen LogP contribution in [0.5, 0.6) is 0 Å². The van der Waals surface area contributed by atoms with Gasteiger partial charge in [0.2, 0.25) is 0 Å². The molecule has 0 atom stereocenters. The maximum Gasteiger partial charge on any atom is 0.137 e. The first-order chi connectivity index (χ1) is 9.34. The smallest absolute Gasteiger partial charge is 0.137 e. The lowest BCUT2D eigenvalue weighted by Gasteiger charge is -2.17. The van der Waals surface area contributed by atoms with Crippen LogP contribution in [0.2, 0.25) is 5.15 Å². The monoisotopic (exact) mass is 290 g/mol. The van der Waals surface area contributed by atoms with E-state index in [4.69, 9.17) is 11.6 Å². The molecular formula is C15H19ClN4. The van der Waals surface area contributed by atoms with Crippen molar-refractivity contribution in [1.82, 2.24) is 15.0 Å². The highest BCUT2D eigenvalue weighted by Gasteiger charge is 2.18. The van der Waals surface area contributed by atoms with Gasteiger partial charge in [-0.05, 0) is 19.1 Å². The van der Waals surface area contributed by atoms with Crippen molar-refractivity contribution < 1.29 is 0 Å². The molecule has 20 heavy (non-hydrogen) atoms. The molecule has 5 heteroatoms. The van der Waals surface area contributed by atoms with Crippen LogP contribution < -0.4 is 5.32 Å². The van der Waals surface area contributed by atoms with Crippen LogP contribution in [0.15, 0.2) is 24.3 Å². The Morgan fingerprint density at radius 1 is 1.15 bits per heavy atom. The Labute approximate surface area is 124 Å². The fraction of sp³-hybridized carbons (Fsp3) is 0.400. The number of nitrogens with one attached hydrogen (secondary N) is 1. The summed E-state index contributed by atoms with van der Waals surface area (Å²) in [5, 5.41) is 3.69. The Morgan fingerprint density at radius 2 is 1.90 bits per heavy atom. The van der Waals surface area contributed by atoms with Crippen LogP contribution in [-0.2, 0) is 12.0 Å². The zero-order valence-electron chi connectivity index (χ0n) is 12.2. The summed E-state index contributed by atoms with van der Waals surface area (Å²) in [5.74, 6) is 1.45. The van der Waals surface area contributed by atoms with Gasteiger partial charge in [0.15, 0.2) is 0 Å². The van der Waals surface area contributed by atoms with Crippen molar-refractivity contribution in [3.63, 3.8) is 0 Å². The van der Waals surface area contributed by atoms with Gasteiger partial charge in [-0.15, -0.1) is 0 Å². The normalized spacial score (nSPS) is 11.4. The molecule has 0 fully saturated rings. The van der Waals surface area contributed by atoms with Crippen molar-refractivity contribution >= 4 is 17.4 Å². The molecule has 106 valence electrons. The standard InChI is InChI=1S/C15H19ClN4/c1-10-6-5-7-11(18-10)9-17-13-8-12(16)19-14(20-13)15(2,3)4/h5-8H,9H2,1-4H3,(H,17,19,20). The quantitative estimate of drug-likeness (QED) is 0.875. The second-order valence-corrected chi connectivity index (χ2v) is 6.16. The number of aromatic nitrogens is 3. The minimum absolute atomic E-state index is 0.136. The van der Waals surface area contributed by atoms with E-state index >= 15 is 0 Å². The van der Waals surface area contributed by atoms with Gasteiger partial charge in [-0.25, -0.2) is 9.97 Å². The summed E-state index contributed by atoms with van der Waals surface area (Å²) >= 11 is 6.06. The molecule has 0 bridgehead atoms. The number of rotatable bonds is 3. The first-order valence-electron chi connectivity index (χ1n) is 6.56. The average molecular weight is 291 g/mol. The molecule has 0 radical (unpaired) electrons. The Bertz CT molecular complexity index is 605. The second-order valence-electron chi connectivity index (χ2n) is 5.77. The molecule has 2 aromatic heterocycles. The third-order valence-electron chi connectivity index (χ3n) is 2.76. The van der Waals surface area contributed by atoms with Crippen molar-refractivity contribution in [1.29, 1.82) is 0 Å². The Morgan fingerprint density at radius 3 is 2.55 bits per heavy atom. The summed E-state index contributed by atoms with van der Waals surface area (Å²) in [6, 6.07) is 7.68. The van der Waals surface area contributed by atoms with Crippen molar-refractivity contribution in [2.24, 2.45) is 0 Å². The highest BCUT2D eigenvalue weighted by molar-refractivity contribution is 6.29. The van der Waals surface area contributed by atoms with E-state index in [1.807, 2.05) is 25.1 Å². The number of pyridine rings is 1. The SMILES string of the molecule is Cc1cccc(CNc2cc(Cl)nc(C(C)(C)C)n2)n1. The Kier molecular flexibility index (Phi) is 4.23. The summed E-state index contributed by atoms with van der Waals surface area (Å²) in [5.41, 5.74) is 1.83. The molecule has 0 aliphatic carbocycles. The summed E-state index contributed by atoms with van der Waals surface area (Å²) in [7, 11) is 0. The molecule has 2 rings (SSSR count). The van der Waals surface area contributed by atoms with E-state index in [0.29, 0.717) is 11.7 Å².